The molecule has 4 atom stereocenters. The fraction of sp³-hybridized carbons (Fsp3) is 0.294. The summed E-state index contributed by atoms with van der Waals surface area (Å²) in [4.78, 5) is 47.1. The topological polar surface area (TPSA) is 192 Å². The first kappa shape index (κ1) is 45.8. The molecule has 0 spiro atoms. The summed E-state index contributed by atoms with van der Waals surface area (Å²) < 4.78 is 9.88. The van der Waals surface area contributed by atoms with Crippen LogP contribution >= 0.6 is 0 Å². The summed E-state index contributed by atoms with van der Waals surface area (Å²) in [5.41, 5.74) is 2.19. The molecule has 12 nitrogen and oxygen atoms in total. The number of hydrogen-bond acceptors (Lipinski definition) is 10. The number of carbonyl (C=O) groups excluding carboxylic acids is 2. The van der Waals surface area contributed by atoms with E-state index in [1.165, 1.54) is 52.0 Å². The smallest absolute Gasteiger partial charge is 0.339 e. The average Bonchev–Trinajstić information content (AvgIpc) is 3.32. The minimum Gasteiger partial charge on any atom is -0.507 e. The van der Waals surface area contributed by atoms with Crippen molar-refractivity contribution in [1.29, 1.82) is 0 Å². The van der Waals surface area contributed by atoms with Crippen molar-refractivity contribution >= 4 is 45.4 Å². The molecule has 12 heteroatoms. The zero-order valence-corrected chi connectivity index (χ0v) is 35.5. The number of carboxylic acids is 2. The fourth-order valence-electron chi connectivity index (χ4n) is 8.65. The van der Waals surface area contributed by atoms with Crippen molar-refractivity contribution < 1.29 is 49.1 Å². The summed E-state index contributed by atoms with van der Waals surface area (Å²) in [6.07, 6.45) is 6.78. The van der Waals surface area contributed by atoms with E-state index in [0.717, 1.165) is 37.1 Å². The molecule has 4 unspecified atom stereocenters. The lowest BCUT2D eigenvalue weighted by molar-refractivity contribution is -0.144. The van der Waals surface area contributed by atoms with Gasteiger partial charge in [0.1, 0.15) is 22.6 Å². The van der Waals surface area contributed by atoms with Gasteiger partial charge in [-0.3, -0.25) is 9.59 Å². The quantitative estimate of drug-likeness (QED) is 0.0721. The Morgan fingerprint density at radius 3 is 1.25 bits per heavy atom. The number of esters is 2. The second-order valence-corrected chi connectivity index (χ2v) is 15.7. The summed E-state index contributed by atoms with van der Waals surface area (Å²) in [6, 6.07) is 37.0. The van der Waals surface area contributed by atoms with E-state index in [-0.39, 0.29) is 53.4 Å². The number of hydrogen-bond donors (Lipinski definition) is 6. The number of rotatable bonds is 10. The Morgan fingerprint density at radius 2 is 0.921 bits per heavy atom. The molecule has 0 aliphatic carbocycles. The Morgan fingerprint density at radius 1 is 0.556 bits per heavy atom. The van der Waals surface area contributed by atoms with Crippen molar-refractivity contribution in [2.24, 2.45) is 0 Å². The van der Waals surface area contributed by atoms with Gasteiger partial charge >= 0.3 is 23.9 Å². The molecule has 2 fully saturated rings. The van der Waals surface area contributed by atoms with Crippen molar-refractivity contribution in [2.45, 2.75) is 68.9 Å². The van der Waals surface area contributed by atoms with Crippen LogP contribution in [0, 0.1) is 0 Å². The van der Waals surface area contributed by atoms with E-state index in [2.05, 4.69) is 10.6 Å². The van der Waals surface area contributed by atoms with Gasteiger partial charge in [-0.25, -0.2) is 9.59 Å². The molecule has 2 aliphatic heterocycles. The molecule has 0 radical (unpaired) electrons. The van der Waals surface area contributed by atoms with Gasteiger partial charge in [-0.2, -0.15) is 0 Å². The van der Waals surface area contributed by atoms with Gasteiger partial charge in [0.15, 0.2) is 0 Å². The molecule has 6 aromatic rings. The van der Waals surface area contributed by atoms with Crippen LogP contribution in [0.5, 0.6) is 11.5 Å². The van der Waals surface area contributed by atoms with Gasteiger partial charge < -0.3 is 40.5 Å². The molecule has 6 N–H and O–H groups in total. The number of aromatic hydroxyl groups is 2. The van der Waals surface area contributed by atoms with Gasteiger partial charge in [0, 0.05) is 29.6 Å². The summed E-state index contributed by atoms with van der Waals surface area (Å²) in [5, 5.41) is 49.7. The zero-order valence-electron chi connectivity index (χ0n) is 35.5. The maximum atomic E-state index is 11.9. The maximum absolute atomic E-state index is 11.9. The standard InChI is InChI=1S/C23H16O6.2C14H19NO2/c24-20-16(14-7-3-1-5-12(14)9-18(20)22(26)27)11-17-15-8-4-2-6-13(15)10-19(21(17)25)23(28)29;2*1-17-14(16)13(11-7-3-2-4-8-11)12-9-5-6-10-15-12/h1-10,24-25H,11H2,(H,26,27)(H,28,29);2*2-4,7-8,12-13,15H,5-6,9-10H2,1H3. The SMILES string of the molecule is COC(=O)C(c1ccccc1)C1CCCCN1.COC(=O)C(c1ccccc1)C1CCCCN1.O=C(O)c1cc2ccccc2c(Cc2c(O)c(C(=O)O)cc3ccccc23)c1O. The Balaban J connectivity index is 0.000000167. The highest BCUT2D eigenvalue weighted by atomic mass is 16.5. The highest BCUT2D eigenvalue weighted by Gasteiger charge is 2.33. The second kappa shape index (κ2) is 21.9. The van der Waals surface area contributed by atoms with Gasteiger partial charge in [0.2, 0.25) is 0 Å². The summed E-state index contributed by atoms with van der Waals surface area (Å²) in [5.74, 6) is -4.00. The molecule has 0 aromatic heterocycles. The predicted octanol–water partition coefficient (Wildman–Crippen LogP) is 8.56. The maximum Gasteiger partial charge on any atom is 0.339 e. The summed E-state index contributed by atoms with van der Waals surface area (Å²) in [6.45, 7) is 1.98. The molecule has 63 heavy (non-hydrogen) atoms. The normalized spacial score (nSPS) is 16.9. The van der Waals surface area contributed by atoms with Crippen LogP contribution in [0.4, 0.5) is 0 Å². The van der Waals surface area contributed by atoms with E-state index in [9.17, 15) is 39.6 Å². The lowest BCUT2D eigenvalue weighted by Gasteiger charge is -2.29. The van der Waals surface area contributed by atoms with E-state index >= 15 is 0 Å². The first-order chi connectivity index (χ1) is 30.5. The molecule has 2 aliphatic rings. The first-order valence-electron chi connectivity index (χ1n) is 21.2. The van der Waals surface area contributed by atoms with Gasteiger partial charge in [-0.05, 0) is 83.6 Å². The Labute approximate surface area is 366 Å². The van der Waals surface area contributed by atoms with Crippen molar-refractivity contribution in [1.82, 2.24) is 10.6 Å². The third-order valence-electron chi connectivity index (χ3n) is 11.8. The van der Waals surface area contributed by atoms with Crippen molar-refractivity contribution in [3.8, 4) is 11.5 Å². The minimum absolute atomic E-state index is 0.0407. The monoisotopic (exact) mass is 854 g/mol. The Kier molecular flexibility index (Phi) is 15.9. The molecule has 0 saturated carbocycles. The number of ether oxygens (including phenoxy) is 2. The first-order valence-corrected chi connectivity index (χ1v) is 21.2. The lowest BCUT2D eigenvalue weighted by Crippen LogP contribution is -2.42. The van der Waals surface area contributed by atoms with Crippen molar-refractivity contribution in [3.63, 3.8) is 0 Å². The minimum atomic E-state index is -1.28. The number of piperidine rings is 2. The largest absolute Gasteiger partial charge is 0.507 e. The third kappa shape index (κ3) is 11.0. The molecular weight excluding hydrogens is 801 g/mol. The molecule has 0 bridgehead atoms. The molecular formula is C51H54N2O10. The van der Waals surface area contributed by atoms with Crippen molar-refractivity contribution in [2.75, 3.05) is 27.3 Å². The Hall–Kier alpha value is -6.76. The van der Waals surface area contributed by atoms with Gasteiger partial charge in [-0.15, -0.1) is 0 Å². The van der Waals surface area contributed by atoms with Crippen molar-refractivity contribution in [3.05, 3.63) is 155 Å². The lowest BCUT2D eigenvalue weighted by atomic mass is 9.86. The molecule has 328 valence electrons. The number of carboxylic acid groups (broad SMARTS) is 2. The average molecular weight is 855 g/mol. The fourth-order valence-corrected chi connectivity index (χ4v) is 8.65. The van der Waals surface area contributed by atoms with Crippen LogP contribution < -0.4 is 10.6 Å². The molecule has 2 saturated heterocycles. The summed E-state index contributed by atoms with van der Waals surface area (Å²) >= 11 is 0. The van der Waals surface area contributed by atoms with Crippen LogP contribution in [0.3, 0.4) is 0 Å². The van der Waals surface area contributed by atoms with Crippen LogP contribution in [0.1, 0.15) is 93.3 Å². The van der Waals surface area contributed by atoms with Crippen LogP contribution in [0.15, 0.2) is 121 Å². The number of methoxy groups -OCH3 is 2. The van der Waals surface area contributed by atoms with E-state index in [0.29, 0.717) is 32.7 Å². The van der Waals surface area contributed by atoms with Crippen LogP contribution in [0.25, 0.3) is 21.5 Å². The number of benzene rings is 6. The highest BCUT2D eigenvalue weighted by molar-refractivity contribution is 6.02. The highest BCUT2D eigenvalue weighted by Crippen LogP contribution is 2.39. The number of fused-ring (bicyclic) bond motifs is 2. The number of aromatic carboxylic acids is 2. The van der Waals surface area contributed by atoms with Gasteiger partial charge in [0.05, 0.1) is 26.1 Å². The number of carbonyl (C=O) groups is 4. The van der Waals surface area contributed by atoms with Gasteiger partial charge in [-0.1, -0.05) is 122 Å². The Bertz CT molecular complexity index is 2340. The third-order valence-corrected chi connectivity index (χ3v) is 11.8. The van der Waals surface area contributed by atoms with E-state index in [4.69, 9.17) is 9.47 Å². The number of nitrogens with one attached hydrogen (secondary N) is 2. The summed E-state index contributed by atoms with van der Waals surface area (Å²) in [7, 11) is 2.92. The zero-order chi connectivity index (χ0) is 44.9. The predicted molar refractivity (Wildman–Crippen MR) is 242 cm³/mol. The molecule has 0 amide bonds. The van der Waals surface area contributed by atoms with E-state index in [1.54, 1.807) is 48.5 Å². The molecule has 8 rings (SSSR count). The van der Waals surface area contributed by atoms with Crippen LogP contribution in [0.2, 0.25) is 0 Å². The van der Waals surface area contributed by atoms with Gasteiger partial charge in [0.25, 0.3) is 0 Å². The second-order valence-electron chi connectivity index (χ2n) is 15.7. The van der Waals surface area contributed by atoms with E-state index < -0.39 is 23.4 Å². The molecule has 2 heterocycles. The van der Waals surface area contributed by atoms with E-state index in [1.807, 2.05) is 60.7 Å². The van der Waals surface area contributed by atoms with Crippen LogP contribution in [-0.2, 0) is 25.5 Å². The van der Waals surface area contributed by atoms with Crippen LogP contribution in [-0.4, -0.2) is 83.7 Å². The molecule has 6 aromatic carbocycles. The number of phenols is 2.